The standard InChI is InChI=1S/C29H36F3N3O5/c1-28(2,3)21-10-8-19(9-11-21)25(18-4-6-20(7-5-18)26(38)33-17-16-24(36)37)35-27(39)34-22-12-14-23(15-13-22)40-29(30,31)32/h4-7,12-15,19,21,25H,8-11,16-17H2,1-3H3,(H,33,38)(H,36,37)(H2,34,35,39). The number of halogens is 3. The third-order valence-corrected chi connectivity index (χ3v) is 7.26. The monoisotopic (exact) mass is 563 g/mol. The minimum Gasteiger partial charge on any atom is -0.481 e. The van der Waals surface area contributed by atoms with E-state index >= 15 is 0 Å². The van der Waals surface area contributed by atoms with Crippen LogP contribution in [0, 0.1) is 17.3 Å². The van der Waals surface area contributed by atoms with E-state index in [-0.39, 0.29) is 36.1 Å². The second-order valence-electron chi connectivity index (χ2n) is 11.1. The van der Waals surface area contributed by atoms with Crippen LogP contribution in [0.3, 0.4) is 0 Å². The van der Waals surface area contributed by atoms with Crippen molar-refractivity contribution in [2.75, 3.05) is 11.9 Å². The Morgan fingerprint density at radius 1 is 0.950 bits per heavy atom. The van der Waals surface area contributed by atoms with E-state index in [1.54, 1.807) is 24.3 Å². The summed E-state index contributed by atoms with van der Waals surface area (Å²) in [5.74, 6) is -1.08. The highest BCUT2D eigenvalue weighted by Gasteiger charge is 2.34. The minimum atomic E-state index is -4.81. The third-order valence-electron chi connectivity index (χ3n) is 7.26. The Bertz CT molecular complexity index is 1150. The van der Waals surface area contributed by atoms with Crippen LogP contribution in [0.15, 0.2) is 48.5 Å². The summed E-state index contributed by atoms with van der Waals surface area (Å²) in [6.07, 6.45) is -1.17. The first-order valence-corrected chi connectivity index (χ1v) is 13.2. The van der Waals surface area contributed by atoms with Gasteiger partial charge in [-0.25, -0.2) is 4.79 Å². The van der Waals surface area contributed by atoms with Gasteiger partial charge < -0.3 is 25.8 Å². The van der Waals surface area contributed by atoms with Gasteiger partial charge in [0, 0.05) is 17.8 Å². The molecule has 3 rings (SSSR count). The van der Waals surface area contributed by atoms with Crippen molar-refractivity contribution in [3.63, 3.8) is 0 Å². The Hall–Kier alpha value is -3.76. The predicted octanol–water partition coefficient (Wildman–Crippen LogP) is 6.51. The van der Waals surface area contributed by atoms with Gasteiger partial charge in [0.2, 0.25) is 0 Å². The maximum absolute atomic E-state index is 13.0. The van der Waals surface area contributed by atoms with Crippen LogP contribution in [-0.2, 0) is 4.79 Å². The number of carboxylic acid groups (broad SMARTS) is 1. The quantitative estimate of drug-likeness (QED) is 0.278. The summed E-state index contributed by atoms with van der Waals surface area (Å²) in [6, 6.07) is 10.8. The van der Waals surface area contributed by atoms with E-state index in [0.717, 1.165) is 43.4 Å². The molecule has 0 aliphatic heterocycles. The zero-order chi connectivity index (χ0) is 29.5. The predicted molar refractivity (Wildman–Crippen MR) is 144 cm³/mol. The Morgan fingerprint density at radius 3 is 2.08 bits per heavy atom. The zero-order valence-electron chi connectivity index (χ0n) is 22.8. The van der Waals surface area contributed by atoms with E-state index in [0.29, 0.717) is 17.2 Å². The van der Waals surface area contributed by atoms with Gasteiger partial charge >= 0.3 is 18.4 Å². The molecule has 1 aliphatic carbocycles. The van der Waals surface area contributed by atoms with E-state index in [1.807, 2.05) is 0 Å². The van der Waals surface area contributed by atoms with E-state index in [2.05, 4.69) is 41.5 Å². The highest BCUT2D eigenvalue weighted by atomic mass is 19.4. The molecule has 0 radical (unpaired) electrons. The summed E-state index contributed by atoms with van der Waals surface area (Å²) >= 11 is 0. The third kappa shape index (κ3) is 9.46. The number of carboxylic acids is 1. The van der Waals surface area contributed by atoms with Crippen molar-refractivity contribution in [1.82, 2.24) is 10.6 Å². The molecule has 3 amide bonds. The SMILES string of the molecule is CC(C)(C)C1CCC(C(NC(=O)Nc2ccc(OC(F)(F)F)cc2)c2ccc(C(=O)NCCC(=O)O)cc2)CC1. The number of alkyl halides is 3. The molecule has 2 aromatic rings. The van der Waals surface area contributed by atoms with E-state index in [4.69, 9.17) is 5.11 Å². The molecule has 8 nitrogen and oxygen atoms in total. The fourth-order valence-corrected chi connectivity index (χ4v) is 5.07. The van der Waals surface area contributed by atoms with Crippen molar-refractivity contribution >= 4 is 23.6 Å². The number of aliphatic carboxylic acids is 1. The summed E-state index contributed by atoms with van der Waals surface area (Å²) in [6.45, 7) is 6.70. The summed E-state index contributed by atoms with van der Waals surface area (Å²) in [4.78, 5) is 36.0. The number of nitrogens with one attached hydrogen (secondary N) is 3. The molecule has 0 saturated heterocycles. The van der Waals surface area contributed by atoms with Crippen LogP contribution in [0.2, 0.25) is 0 Å². The van der Waals surface area contributed by atoms with Gasteiger partial charge in [-0.1, -0.05) is 32.9 Å². The number of carbonyl (C=O) groups excluding carboxylic acids is 2. The van der Waals surface area contributed by atoms with Crippen molar-refractivity contribution in [2.24, 2.45) is 17.3 Å². The summed E-state index contributed by atoms with van der Waals surface area (Å²) in [5, 5.41) is 17.0. The van der Waals surface area contributed by atoms with Crippen LogP contribution in [0.25, 0.3) is 0 Å². The van der Waals surface area contributed by atoms with Gasteiger partial charge in [-0.2, -0.15) is 0 Å². The molecule has 1 saturated carbocycles. The van der Waals surface area contributed by atoms with Crippen LogP contribution in [0.1, 0.15) is 74.8 Å². The molecular weight excluding hydrogens is 527 g/mol. The van der Waals surface area contributed by atoms with Gasteiger partial charge in [-0.3, -0.25) is 9.59 Å². The van der Waals surface area contributed by atoms with Crippen molar-refractivity contribution in [2.45, 2.75) is 65.3 Å². The first-order valence-electron chi connectivity index (χ1n) is 13.2. The van der Waals surface area contributed by atoms with Crippen LogP contribution < -0.4 is 20.7 Å². The van der Waals surface area contributed by atoms with E-state index in [1.165, 1.54) is 12.1 Å². The first-order chi connectivity index (χ1) is 18.7. The second kappa shape index (κ2) is 13.1. The van der Waals surface area contributed by atoms with E-state index in [9.17, 15) is 27.6 Å². The Morgan fingerprint density at radius 2 is 1.55 bits per heavy atom. The molecule has 1 unspecified atom stereocenters. The van der Waals surface area contributed by atoms with Gasteiger partial charge in [-0.05, 0) is 84.9 Å². The maximum atomic E-state index is 13.0. The fourth-order valence-electron chi connectivity index (χ4n) is 5.07. The Balaban J connectivity index is 1.72. The van der Waals surface area contributed by atoms with Gasteiger partial charge in [0.1, 0.15) is 5.75 Å². The second-order valence-corrected chi connectivity index (χ2v) is 11.1. The Labute approximate surface area is 231 Å². The molecule has 0 aromatic heterocycles. The molecule has 1 aliphatic rings. The number of carbonyl (C=O) groups is 3. The highest BCUT2D eigenvalue weighted by molar-refractivity contribution is 5.94. The molecule has 1 fully saturated rings. The lowest BCUT2D eigenvalue weighted by atomic mass is 9.68. The lowest BCUT2D eigenvalue weighted by molar-refractivity contribution is -0.274. The van der Waals surface area contributed by atoms with Crippen molar-refractivity contribution in [1.29, 1.82) is 0 Å². The number of urea groups is 1. The number of amides is 3. The number of ether oxygens (including phenoxy) is 1. The smallest absolute Gasteiger partial charge is 0.481 e. The molecule has 0 bridgehead atoms. The molecule has 2 aromatic carbocycles. The highest BCUT2D eigenvalue weighted by Crippen LogP contribution is 2.43. The Kier molecular flexibility index (Phi) is 10.1. The van der Waals surface area contributed by atoms with E-state index < -0.39 is 24.3 Å². The molecule has 0 spiro atoms. The lowest BCUT2D eigenvalue weighted by Gasteiger charge is -2.39. The van der Waals surface area contributed by atoms with Crippen molar-refractivity contribution in [3.8, 4) is 5.75 Å². The zero-order valence-corrected chi connectivity index (χ0v) is 22.8. The number of hydrogen-bond acceptors (Lipinski definition) is 4. The van der Waals surface area contributed by atoms with Crippen LogP contribution in [0.5, 0.6) is 5.75 Å². The van der Waals surface area contributed by atoms with Gasteiger partial charge in [0.15, 0.2) is 0 Å². The molecular formula is C29H36F3N3O5. The van der Waals surface area contributed by atoms with Crippen molar-refractivity contribution < 1.29 is 37.4 Å². The summed E-state index contributed by atoms with van der Waals surface area (Å²) < 4.78 is 41.2. The average molecular weight is 564 g/mol. The summed E-state index contributed by atoms with van der Waals surface area (Å²) in [7, 11) is 0. The molecule has 40 heavy (non-hydrogen) atoms. The normalized spacial score (nSPS) is 18.4. The topological polar surface area (TPSA) is 117 Å². The average Bonchev–Trinajstić information content (AvgIpc) is 2.87. The van der Waals surface area contributed by atoms with Crippen LogP contribution in [-0.4, -0.2) is 35.9 Å². The number of rotatable bonds is 9. The fraction of sp³-hybridized carbons (Fsp3) is 0.483. The number of anilines is 1. The van der Waals surface area contributed by atoms with Crippen LogP contribution >= 0.6 is 0 Å². The largest absolute Gasteiger partial charge is 0.573 e. The molecule has 0 heterocycles. The number of benzene rings is 2. The molecule has 218 valence electrons. The van der Waals surface area contributed by atoms with Crippen molar-refractivity contribution in [3.05, 3.63) is 59.7 Å². The molecule has 1 atom stereocenters. The van der Waals surface area contributed by atoms with Gasteiger partial charge in [-0.15, -0.1) is 13.2 Å². The lowest BCUT2D eigenvalue weighted by Crippen LogP contribution is -2.38. The maximum Gasteiger partial charge on any atom is 0.573 e. The van der Waals surface area contributed by atoms with Gasteiger partial charge in [0.25, 0.3) is 5.91 Å². The minimum absolute atomic E-state index is 0.0145. The first kappa shape index (κ1) is 30.8. The number of hydrogen-bond donors (Lipinski definition) is 4. The van der Waals surface area contributed by atoms with Crippen LogP contribution in [0.4, 0.5) is 23.7 Å². The molecule has 11 heteroatoms. The van der Waals surface area contributed by atoms with Gasteiger partial charge in [0.05, 0.1) is 12.5 Å². The molecule has 4 N–H and O–H groups in total. The summed E-state index contributed by atoms with van der Waals surface area (Å²) in [5.41, 5.74) is 1.67.